The summed E-state index contributed by atoms with van der Waals surface area (Å²) in [5.74, 6) is -0.165. The number of para-hydroxylation sites is 1. The molecule has 6 nitrogen and oxygen atoms in total. The van der Waals surface area contributed by atoms with E-state index in [9.17, 15) is 9.59 Å². The zero-order valence-corrected chi connectivity index (χ0v) is 13.8. The first-order chi connectivity index (χ1) is 12.7. The molecular weight excluding hydrogens is 336 g/mol. The van der Waals surface area contributed by atoms with Gasteiger partial charge in [0.25, 0.3) is 0 Å². The van der Waals surface area contributed by atoms with Gasteiger partial charge < -0.3 is 18.6 Å². The standard InChI is InChI=1S/C20H16O6/c21-19(25-13-12-23-16-7-2-1-3-8-16)15-6-4-9-17(14-15)26-20(22)18-10-5-11-24-18/h1-11,14H,12-13H2. The molecule has 0 bridgehead atoms. The van der Waals surface area contributed by atoms with Crippen LogP contribution in [0.1, 0.15) is 20.9 Å². The Morgan fingerprint density at radius 3 is 2.38 bits per heavy atom. The molecule has 0 saturated heterocycles. The lowest BCUT2D eigenvalue weighted by Gasteiger charge is -2.08. The molecule has 0 N–H and O–H groups in total. The smallest absolute Gasteiger partial charge is 0.379 e. The SMILES string of the molecule is O=C(OCCOc1ccccc1)c1cccc(OC(=O)c2ccco2)c1. The van der Waals surface area contributed by atoms with E-state index in [1.54, 1.807) is 24.3 Å². The van der Waals surface area contributed by atoms with Gasteiger partial charge in [0.15, 0.2) is 0 Å². The number of esters is 2. The molecule has 3 aromatic rings. The van der Waals surface area contributed by atoms with Gasteiger partial charge in [0, 0.05) is 0 Å². The molecule has 0 unspecified atom stereocenters. The van der Waals surface area contributed by atoms with Crippen molar-refractivity contribution in [3.8, 4) is 11.5 Å². The number of carbonyl (C=O) groups is 2. The number of ether oxygens (including phenoxy) is 3. The maximum absolute atomic E-state index is 12.1. The number of hydrogen-bond acceptors (Lipinski definition) is 6. The van der Waals surface area contributed by atoms with Crippen molar-refractivity contribution in [2.24, 2.45) is 0 Å². The summed E-state index contributed by atoms with van der Waals surface area (Å²) >= 11 is 0. The summed E-state index contributed by atoms with van der Waals surface area (Å²) in [6.07, 6.45) is 1.38. The van der Waals surface area contributed by atoms with Gasteiger partial charge in [-0.25, -0.2) is 9.59 Å². The summed E-state index contributed by atoms with van der Waals surface area (Å²) in [5.41, 5.74) is 0.273. The fraction of sp³-hybridized carbons (Fsp3) is 0.100. The minimum absolute atomic E-state index is 0.0797. The van der Waals surface area contributed by atoms with Crippen molar-refractivity contribution < 1.29 is 28.2 Å². The van der Waals surface area contributed by atoms with Gasteiger partial charge in [-0.2, -0.15) is 0 Å². The van der Waals surface area contributed by atoms with E-state index >= 15 is 0 Å². The molecule has 0 saturated carbocycles. The van der Waals surface area contributed by atoms with Crippen molar-refractivity contribution in [3.63, 3.8) is 0 Å². The summed E-state index contributed by atoms with van der Waals surface area (Å²) in [4.78, 5) is 23.9. The van der Waals surface area contributed by atoms with Crippen LogP contribution in [-0.2, 0) is 4.74 Å². The third kappa shape index (κ3) is 4.73. The largest absolute Gasteiger partial charge is 0.490 e. The fourth-order valence-electron chi connectivity index (χ4n) is 2.13. The molecule has 0 aliphatic rings. The van der Waals surface area contributed by atoms with E-state index in [4.69, 9.17) is 18.6 Å². The fourth-order valence-corrected chi connectivity index (χ4v) is 2.13. The normalized spacial score (nSPS) is 10.2. The highest BCUT2D eigenvalue weighted by molar-refractivity contribution is 5.91. The third-order valence-corrected chi connectivity index (χ3v) is 3.33. The van der Waals surface area contributed by atoms with Crippen LogP contribution in [0, 0.1) is 0 Å². The number of benzene rings is 2. The minimum atomic E-state index is -0.642. The van der Waals surface area contributed by atoms with Crippen LogP contribution in [0.4, 0.5) is 0 Å². The van der Waals surface area contributed by atoms with Crippen molar-refractivity contribution in [2.75, 3.05) is 13.2 Å². The molecule has 132 valence electrons. The Labute approximate surface area is 149 Å². The van der Waals surface area contributed by atoms with Gasteiger partial charge >= 0.3 is 11.9 Å². The van der Waals surface area contributed by atoms with E-state index in [-0.39, 0.29) is 30.3 Å². The second-order valence-electron chi connectivity index (χ2n) is 5.19. The van der Waals surface area contributed by atoms with Crippen molar-refractivity contribution in [1.82, 2.24) is 0 Å². The monoisotopic (exact) mass is 352 g/mol. The molecule has 1 aromatic heterocycles. The van der Waals surface area contributed by atoms with Gasteiger partial charge in [-0.3, -0.25) is 0 Å². The molecule has 0 fully saturated rings. The van der Waals surface area contributed by atoms with Gasteiger partial charge in [0.2, 0.25) is 5.76 Å². The summed E-state index contributed by atoms with van der Waals surface area (Å²) < 4.78 is 20.7. The molecule has 0 aliphatic carbocycles. The van der Waals surface area contributed by atoms with Crippen LogP contribution in [0.15, 0.2) is 77.4 Å². The van der Waals surface area contributed by atoms with E-state index in [1.165, 1.54) is 18.4 Å². The molecule has 0 aliphatic heterocycles. The molecule has 26 heavy (non-hydrogen) atoms. The molecule has 0 amide bonds. The van der Waals surface area contributed by atoms with Crippen LogP contribution < -0.4 is 9.47 Å². The molecular formula is C20H16O6. The highest BCUT2D eigenvalue weighted by Crippen LogP contribution is 2.16. The second kappa shape index (κ2) is 8.53. The van der Waals surface area contributed by atoms with Crippen molar-refractivity contribution >= 4 is 11.9 Å². The molecule has 0 spiro atoms. The Morgan fingerprint density at radius 2 is 1.62 bits per heavy atom. The van der Waals surface area contributed by atoms with Gasteiger partial charge in [0.1, 0.15) is 24.7 Å². The summed E-state index contributed by atoms with van der Waals surface area (Å²) in [5, 5.41) is 0. The quantitative estimate of drug-likeness (QED) is 0.366. The third-order valence-electron chi connectivity index (χ3n) is 3.33. The zero-order chi connectivity index (χ0) is 18.2. The van der Waals surface area contributed by atoms with Crippen LogP contribution in [0.3, 0.4) is 0 Å². The first-order valence-corrected chi connectivity index (χ1v) is 7.93. The molecule has 1 heterocycles. The van der Waals surface area contributed by atoms with Crippen LogP contribution >= 0.6 is 0 Å². The zero-order valence-electron chi connectivity index (χ0n) is 13.8. The lowest BCUT2D eigenvalue weighted by molar-refractivity contribution is 0.0449. The van der Waals surface area contributed by atoms with Gasteiger partial charge in [-0.15, -0.1) is 0 Å². The Balaban J connectivity index is 1.50. The maximum Gasteiger partial charge on any atom is 0.379 e. The van der Waals surface area contributed by atoms with Crippen LogP contribution in [-0.4, -0.2) is 25.2 Å². The highest BCUT2D eigenvalue weighted by atomic mass is 16.6. The van der Waals surface area contributed by atoms with E-state index in [0.717, 1.165) is 0 Å². The topological polar surface area (TPSA) is 75.0 Å². The minimum Gasteiger partial charge on any atom is -0.490 e. The first-order valence-electron chi connectivity index (χ1n) is 7.93. The lowest BCUT2D eigenvalue weighted by Crippen LogP contribution is -2.13. The molecule has 0 atom stereocenters. The number of hydrogen-bond donors (Lipinski definition) is 0. The van der Waals surface area contributed by atoms with E-state index < -0.39 is 11.9 Å². The van der Waals surface area contributed by atoms with Gasteiger partial charge in [0.05, 0.1) is 11.8 Å². The molecule has 3 rings (SSSR count). The van der Waals surface area contributed by atoms with Crippen LogP contribution in [0.2, 0.25) is 0 Å². The molecule has 0 radical (unpaired) electrons. The van der Waals surface area contributed by atoms with E-state index in [1.807, 2.05) is 30.3 Å². The summed E-state index contributed by atoms with van der Waals surface area (Å²) in [7, 11) is 0. The van der Waals surface area contributed by atoms with Gasteiger partial charge in [-0.05, 0) is 42.5 Å². The van der Waals surface area contributed by atoms with Crippen LogP contribution in [0.5, 0.6) is 11.5 Å². The van der Waals surface area contributed by atoms with E-state index in [0.29, 0.717) is 5.75 Å². The average Bonchev–Trinajstić information content (AvgIpc) is 3.21. The molecule has 2 aromatic carbocycles. The Kier molecular flexibility index (Phi) is 5.67. The second-order valence-corrected chi connectivity index (χ2v) is 5.19. The van der Waals surface area contributed by atoms with E-state index in [2.05, 4.69) is 0 Å². The van der Waals surface area contributed by atoms with Crippen molar-refractivity contribution in [1.29, 1.82) is 0 Å². The summed E-state index contributed by atoms with van der Waals surface area (Å²) in [6, 6.07) is 18.5. The Bertz CT molecular complexity index is 855. The van der Waals surface area contributed by atoms with Crippen molar-refractivity contribution in [3.05, 3.63) is 84.3 Å². The van der Waals surface area contributed by atoms with Gasteiger partial charge in [-0.1, -0.05) is 24.3 Å². The Morgan fingerprint density at radius 1 is 0.808 bits per heavy atom. The lowest BCUT2D eigenvalue weighted by atomic mass is 10.2. The van der Waals surface area contributed by atoms with Crippen molar-refractivity contribution in [2.45, 2.75) is 0 Å². The first kappa shape index (κ1) is 17.3. The highest BCUT2D eigenvalue weighted by Gasteiger charge is 2.13. The average molecular weight is 352 g/mol. The maximum atomic E-state index is 12.1. The summed E-state index contributed by atoms with van der Waals surface area (Å²) in [6.45, 7) is 0.340. The van der Waals surface area contributed by atoms with Crippen LogP contribution in [0.25, 0.3) is 0 Å². The predicted molar refractivity (Wildman–Crippen MR) is 92.3 cm³/mol. The Hall–Kier alpha value is -3.54. The number of rotatable bonds is 7. The number of carbonyl (C=O) groups excluding carboxylic acids is 2. The molecule has 6 heteroatoms. The number of furan rings is 1. The predicted octanol–water partition coefficient (Wildman–Crippen LogP) is 3.73.